The molecular weight excluding hydrogens is 416 g/mol. The van der Waals surface area contributed by atoms with Crippen molar-refractivity contribution in [2.45, 2.75) is 43.4 Å². The molecule has 0 atom stereocenters. The molecule has 10 heteroatoms. The van der Waals surface area contributed by atoms with E-state index in [1.165, 1.54) is 31.9 Å². The predicted molar refractivity (Wildman–Crippen MR) is 111 cm³/mol. The van der Waals surface area contributed by atoms with Crippen LogP contribution in [0, 0.1) is 0 Å². The number of carbonyl (C=O) groups is 1. The highest BCUT2D eigenvalue weighted by Gasteiger charge is 2.28. The first kappa shape index (κ1) is 20.0. The lowest BCUT2D eigenvalue weighted by molar-refractivity contribution is -0.115. The van der Waals surface area contributed by atoms with E-state index in [2.05, 4.69) is 22.1 Å². The van der Waals surface area contributed by atoms with E-state index in [1.54, 1.807) is 12.1 Å². The Bertz CT molecular complexity index is 961. The van der Waals surface area contributed by atoms with Gasteiger partial charge in [-0.2, -0.15) is 4.31 Å². The number of rotatable bonds is 6. The van der Waals surface area contributed by atoms with Gasteiger partial charge in [0.2, 0.25) is 5.91 Å². The quantitative estimate of drug-likeness (QED) is 0.746. The summed E-state index contributed by atoms with van der Waals surface area (Å²) < 4.78 is 27.1. The van der Waals surface area contributed by atoms with Crippen molar-refractivity contribution in [3.05, 3.63) is 27.6 Å². The monoisotopic (exact) mass is 440 g/mol. The number of nitrogens with zero attached hydrogens (tertiary/aromatic N) is 3. The van der Waals surface area contributed by atoms with Crippen LogP contribution in [-0.4, -0.2) is 54.7 Å². The molecule has 0 unspecified atom stereocenters. The molecule has 4 heterocycles. The molecule has 0 spiro atoms. The first-order chi connectivity index (χ1) is 13.5. The third kappa shape index (κ3) is 4.16. The summed E-state index contributed by atoms with van der Waals surface area (Å²) in [6, 6.07) is 3.35. The zero-order chi connectivity index (χ0) is 19.7. The van der Waals surface area contributed by atoms with Gasteiger partial charge in [-0.15, -0.1) is 22.7 Å². The molecule has 7 nitrogen and oxygen atoms in total. The van der Waals surface area contributed by atoms with Gasteiger partial charge in [0.1, 0.15) is 4.21 Å². The van der Waals surface area contributed by atoms with Crippen LogP contribution >= 0.6 is 22.7 Å². The van der Waals surface area contributed by atoms with E-state index in [4.69, 9.17) is 0 Å². The minimum absolute atomic E-state index is 0.158. The molecule has 2 aromatic rings. The molecule has 1 saturated heterocycles. The Balaban J connectivity index is 1.38. The fourth-order valence-electron chi connectivity index (χ4n) is 3.54. The van der Waals surface area contributed by atoms with Crippen molar-refractivity contribution in [1.29, 1.82) is 0 Å². The molecular formula is C18H24N4O3S3. The summed E-state index contributed by atoms with van der Waals surface area (Å²) >= 11 is 2.72. The first-order valence-corrected chi connectivity index (χ1v) is 12.6. The number of thiophene rings is 1. The highest BCUT2D eigenvalue weighted by atomic mass is 32.2. The number of nitrogens with one attached hydrogen (secondary N) is 1. The number of amides is 1. The number of sulfonamides is 1. The van der Waals surface area contributed by atoms with E-state index in [1.807, 2.05) is 0 Å². The van der Waals surface area contributed by atoms with Crippen LogP contribution in [0.25, 0.3) is 0 Å². The highest BCUT2D eigenvalue weighted by molar-refractivity contribution is 7.91. The fourth-order valence-corrected chi connectivity index (χ4v) is 7.63. The summed E-state index contributed by atoms with van der Waals surface area (Å²) in [6.07, 6.45) is 2.89. The Labute approximate surface area is 173 Å². The lowest BCUT2D eigenvalue weighted by Gasteiger charge is -2.23. The minimum atomic E-state index is -3.42. The number of carbonyl (C=O) groups excluding carboxylic acids is 1. The van der Waals surface area contributed by atoms with Crippen molar-refractivity contribution in [1.82, 2.24) is 14.2 Å². The third-order valence-electron chi connectivity index (χ3n) is 5.13. The van der Waals surface area contributed by atoms with Gasteiger partial charge in [0.25, 0.3) is 10.0 Å². The summed E-state index contributed by atoms with van der Waals surface area (Å²) in [6.45, 7) is 6.22. The average Bonchev–Trinajstić information content (AvgIpc) is 3.41. The fraction of sp³-hybridized carbons (Fsp3) is 0.556. The van der Waals surface area contributed by atoms with Crippen molar-refractivity contribution in [3.63, 3.8) is 0 Å². The van der Waals surface area contributed by atoms with Crippen molar-refractivity contribution in [2.24, 2.45) is 0 Å². The summed E-state index contributed by atoms with van der Waals surface area (Å²) in [5.41, 5.74) is 1.08. The molecule has 28 heavy (non-hydrogen) atoms. The van der Waals surface area contributed by atoms with Crippen molar-refractivity contribution < 1.29 is 13.2 Å². The molecule has 4 rings (SSSR count). The number of thiazole rings is 1. The predicted octanol–water partition coefficient (Wildman–Crippen LogP) is 2.55. The maximum absolute atomic E-state index is 12.6. The average molecular weight is 441 g/mol. The van der Waals surface area contributed by atoms with E-state index in [0.29, 0.717) is 22.4 Å². The Hall–Kier alpha value is -1.33. The minimum Gasteiger partial charge on any atom is -0.302 e. The van der Waals surface area contributed by atoms with Gasteiger partial charge in [-0.3, -0.25) is 9.69 Å². The maximum Gasteiger partial charge on any atom is 0.252 e. The Kier molecular flexibility index (Phi) is 5.84. The molecule has 0 saturated carbocycles. The second-order valence-corrected chi connectivity index (χ2v) is 11.5. The topological polar surface area (TPSA) is 82.6 Å². The van der Waals surface area contributed by atoms with E-state index < -0.39 is 10.0 Å². The van der Waals surface area contributed by atoms with Crippen LogP contribution in [0.5, 0.6) is 0 Å². The number of aromatic nitrogens is 1. The van der Waals surface area contributed by atoms with E-state index >= 15 is 0 Å². The van der Waals surface area contributed by atoms with Crippen LogP contribution in [-0.2, 0) is 34.2 Å². The molecule has 1 fully saturated rings. The second kappa shape index (κ2) is 8.19. The molecule has 2 aliphatic heterocycles. The molecule has 0 bridgehead atoms. The van der Waals surface area contributed by atoms with Crippen LogP contribution in [0.4, 0.5) is 5.13 Å². The van der Waals surface area contributed by atoms with Crippen LogP contribution in [0.3, 0.4) is 0 Å². The van der Waals surface area contributed by atoms with Gasteiger partial charge in [-0.1, -0.05) is 6.92 Å². The van der Waals surface area contributed by atoms with E-state index in [9.17, 15) is 13.2 Å². The maximum atomic E-state index is 12.6. The highest BCUT2D eigenvalue weighted by Crippen LogP contribution is 2.30. The SMILES string of the molecule is CCN1CCc2nc(NC(=O)Cc3ccc(S(=O)(=O)N4CCCC4)s3)sc2C1. The molecule has 1 N–H and O–H groups in total. The molecule has 2 aromatic heterocycles. The van der Waals surface area contributed by atoms with Crippen LogP contribution in [0.1, 0.15) is 35.2 Å². The van der Waals surface area contributed by atoms with Gasteiger partial charge < -0.3 is 5.32 Å². The summed E-state index contributed by atoms with van der Waals surface area (Å²) in [4.78, 5) is 21.3. The lowest BCUT2D eigenvalue weighted by Crippen LogP contribution is -2.29. The van der Waals surface area contributed by atoms with Crippen LogP contribution < -0.4 is 5.32 Å². The summed E-state index contributed by atoms with van der Waals surface area (Å²) in [7, 11) is -3.42. The smallest absolute Gasteiger partial charge is 0.252 e. The zero-order valence-corrected chi connectivity index (χ0v) is 18.3. The van der Waals surface area contributed by atoms with Crippen molar-refractivity contribution in [2.75, 3.05) is 31.5 Å². The number of fused-ring (bicyclic) bond motifs is 1. The van der Waals surface area contributed by atoms with Crippen LogP contribution in [0.2, 0.25) is 0 Å². The van der Waals surface area contributed by atoms with Gasteiger partial charge >= 0.3 is 0 Å². The van der Waals surface area contributed by atoms with E-state index in [0.717, 1.165) is 49.5 Å². The van der Waals surface area contributed by atoms with Crippen LogP contribution in [0.15, 0.2) is 16.3 Å². The molecule has 0 aliphatic carbocycles. The molecule has 0 aromatic carbocycles. The van der Waals surface area contributed by atoms with Crippen molar-refractivity contribution in [3.8, 4) is 0 Å². The van der Waals surface area contributed by atoms with Gasteiger partial charge in [-0.25, -0.2) is 13.4 Å². The van der Waals surface area contributed by atoms with Gasteiger partial charge in [0.05, 0.1) is 12.1 Å². The molecule has 1 amide bonds. The normalized spacial score (nSPS) is 18.3. The zero-order valence-electron chi connectivity index (χ0n) is 15.8. The number of hydrogen-bond donors (Lipinski definition) is 1. The number of anilines is 1. The number of hydrogen-bond acceptors (Lipinski definition) is 7. The lowest BCUT2D eigenvalue weighted by atomic mass is 10.2. The second-order valence-electron chi connectivity index (χ2n) is 7.06. The van der Waals surface area contributed by atoms with Gasteiger partial charge in [0.15, 0.2) is 5.13 Å². The van der Waals surface area contributed by atoms with Gasteiger partial charge in [0, 0.05) is 42.4 Å². The molecule has 0 radical (unpaired) electrons. The third-order valence-corrected chi connectivity index (χ3v) is 9.58. The van der Waals surface area contributed by atoms with Crippen molar-refractivity contribution >= 4 is 43.7 Å². The standard InChI is InChI=1S/C18H24N4O3S3/c1-2-21-10-7-14-15(12-21)27-18(19-14)20-16(23)11-13-5-6-17(26-13)28(24,25)22-8-3-4-9-22/h5-6H,2-4,7-12H2,1H3,(H,19,20,23). The van der Waals surface area contributed by atoms with Gasteiger partial charge in [-0.05, 0) is 31.5 Å². The first-order valence-electron chi connectivity index (χ1n) is 9.55. The molecule has 2 aliphatic rings. The largest absolute Gasteiger partial charge is 0.302 e. The Morgan fingerprint density at radius 2 is 2.00 bits per heavy atom. The Morgan fingerprint density at radius 1 is 1.21 bits per heavy atom. The summed E-state index contributed by atoms with van der Waals surface area (Å²) in [5.74, 6) is -0.162. The number of likely N-dealkylation sites (N-methyl/N-ethyl adjacent to an activating group) is 1. The summed E-state index contributed by atoms with van der Waals surface area (Å²) in [5, 5.41) is 3.51. The molecule has 152 valence electrons. The van der Waals surface area contributed by atoms with E-state index in [-0.39, 0.29) is 12.3 Å². The Morgan fingerprint density at radius 3 is 2.75 bits per heavy atom.